The van der Waals surface area contributed by atoms with Crippen LogP contribution in [0.2, 0.25) is 0 Å². The average molecular weight is 455 g/mol. The molecule has 0 saturated carbocycles. The summed E-state index contributed by atoms with van der Waals surface area (Å²) in [5, 5.41) is 9.62. The van der Waals surface area contributed by atoms with Crippen LogP contribution in [0.3, 0.4) is 0 Å². The van der Waals surface area contributed by atoms with Crippen LogP contribution in [0.15, 0.2) is 18.2 Å². The second-order valence-corrected chi connectivity index (χ2v) is 10.6. The van der Waals surface area contributed by atoms with E-state index in [1.54, 1.807) is 12.0 Å². The molecule has 5 rings (SSSR count). The highest BCUT2D eigenvalue weighted by molar-refractivity contribution is 6.12. The highest BCUT2D eigenvalue weighted by atomic mass is 16.5. The van der Waals surface area contributed by atoms with E-state index in [0.29, 0.717) is 18.7 Å². The molecule has 33 heavy (non-hydrogen) atoms. The molecule has 0 radical (unpaired) electrons. The number of fused-ring (bicyclic) bond motifs is 1. The van der Waals surface area contributed by atoms with E-state index in [-0.39, 0.29) is 42.9 Å². The molecule has 0 bridgehead atoms. The van der Waals surface area contributed by atoms with Gasteiger partial charge in [0.15, 0.2) is 5.60 Å². The molecule has 2 amide bonds. The van der Waals surface area contributed by atoms with Gasteiger partial charge in [-0.3, -0.25) is 14.5 Å². The van der Waals surface area contributed by atoms with Crippen molar-refractivity contribution in [3.63, 3.8) is 0 Å². The summed E-state index contributed by atoms with van der Waals surface area (Å²) in [6.07, 6.45) is 4.37. The Kier molecular flexibility index (Phi) is 5.14. The van der Waals surface area contributed by atoms with Crippen molar-refractivity contribution in [1.82, 2.24) is 4.90 Å². The summed E-state index contributed by atoms with van der Waals surface area (Å²) in [5.74, 6) is 0.547. The molecule has 4 aliphatic rings. The summed E-state index contributed by atoms with van der Waals surface area (Å²) < 4.78 is 12.2. The normalized spacial score (nSPS) is 31.9. The van der Waals surface area contributed by atoms with Crippen LogP contribution in [0.5, 0.6) is 5.75 Å². The number of anilines is 1. The third kappa shape index (κ3) is 3.08. The van der Waals surface area contributed by atoms with E-state index in [1.165, 1.54) is 0 Å². The summed E-state index contributed by atoms with van der Waals surface area (Å²) in [7, 11) is 1.63. The van der Waals surface area contributed by atoms with Crippen molar-refractivity contribution >= 4 is 23.1 Å². The lowest BCUT2D eigenvalue weighted by Crippen LogP contribution is -2.52. The van der Waals surface area contributed by atoms with E-state index in [4.69, 9.17) is 9.47 Å². The second kappa shape index (κ2) is 7.57. The number of carbonyl (C=O) groups is 2. The summed E-state index contributed by atoms with van der Waals surface area (Å²) in [6.45, 7) is 8.87. The minimum atomic E-state index is -1.12. The van der Waals surface area contributed by atoms with E-state index in [9.17, 15) is 14.7 Å². The number of ether oxygens (including phenoxy) is 2. The van der Waals surface area contributed by atoms with Crippen molar-refractivity contribution in [3.05, 3.63) is 29.3 Å². The largest absolute Gasteiger partial charge is 0.497 e. The number of rotatable bonds is 4. The first-order chi connectivity index (χ1) is 15.6. The Bertz CT molecular complexity index is 1050. The number of nitrogens with zero attached hydrogens (tertiary/aromatic N) is 2. The Morgan fingerprint density at radius 2 is 2.09 bits per heavy atom. The topological polar surface area (TPSA) is 79.3 Å². The molecule has 0 aliphatic carbocycles. The van der Waals surface area contributed by atoms with Crippen LogP contribution < -0.4 is 9.64 Å². The van der Waals surface area contributed by atoms with Crippen LogP contribution in [0, 0.1) is 5.92 Å². The van der Waals surface area contributed by atoms with Gasteiger partial charge >= 0.3 is 0 Å². The monoisotopic (exact) mass is 454 g/mol. The van der Waals surface area contributed by atoms with Gasteiger partial charge in [-0.2, -0.15) is 0 Å². The zero-order valence-corrected chi connectivity index (χ0v) is 20.2. The Morgan fingerprint density at radius 3 is 2.79 bits per heavy atom. The SMILES string of the molecule is COc1cc2c3c(c1)[C@]1(O[C@@H](CC(=O)N4CCC[C@H]4CO)C[C@H]1C)C(=O)N3C(C)(C)C=C2C. The molecule has 4 aliphatic heterocycles. The number of carbonyl (C=O) groups excluding carboxylic acids is 2. The van der Waals surface area contributed by atoms with Crippen molar-refractivity contribution < 1.29 is 24.2 Å². The van der Waals surface area contributed by atoms with Gasteiger partial charge in [-0.15, -0.1) is 0 Å². The van der Waals surface area contributed by atoms with Crippen LogP contribution in [-0.4, -0.2) is 59.8 Å². The lowest BCUT2D eigenvalue weighted by Gasteiger charge is -2.39. The summed E-state index contributed by atoms with van der Waals surface area (Å²) in [4.78, 5) is 30.8. The van der Waals surface area contributed by atoms with Crippen molar-refractivity contribution in [2.75, 3.05) is 25.2 Å². The molecule has 2 saturated heterocycles. The minimum absolute atomic E-state index is 0.00295. The first kappa shape index (κ1) is 22.4. The maximum absolute atomic E-state index is 14.1. The second-order valence-electron chi connectivity index (χ2n) is 10.6. The van der Waals surface area contributed by atoms with Crippen LogP contribution in [-0.2, 0) is 19.9 Å². The number of aliphatic hydroxyl groups is 1. The zero-order chi connectivity index (χ0) is 23.7. The van der Waals surface area contributed by atoms with Gasteiger partial charge in [0.2, 0.25) is 5.91 Å². The quantitative estimate of drug-likeness (QED) is 0.756. The molecule has 178 valence electrons. The number of amides is 2. The molecule has 4 heterocycles. The lowest BCUT2D eigenvalue weighted by atomic mass is 9.82. The fraction of sp³-hybridized carbons (Fsp3) is 0.615. The van der Waals surface area contributed by atoms with Crippen molar-refractivity contribution in [3.8, 4) is 5.75 Å². The fourth-order valence-corrected chi connectivity index (χ4v) is 6.52. The Hall–Kier alpha value is -2.38. The van der Waals surface area contributed by atoms with E-state index < -0.39 is 11.1 Å². The molecule has 1 aromatic carbocycles. The molecular weight excluding hydrogens is 420 g/mol. The zero-order valence-electron chi connectivity index (χ0n) is 20.2. The van der Waals surface area contributed by atoms with Crippen LogP contribution >= 0.6 is 0 Å². The van der Waals surface area contributed by atoms with Gasteiger partial charge in [0.1, 0.15) is 5.75 Å². The van der Waals surface area contributed by atoms with Gasteiger partial charge in [0, 0.05) is 23.6 Å². The Labute approximate surface area is 195 Å². The molecule has 1 aromatic rings. The molecule has 2 fully saturated rings. The number of aliphatic hydroxyl groups excluding tert-OH is 1. The molecule has 4 atom stereocenters. The van der Waals surface area contributed by atoms with Gasteiger partial charge < -0.3 is 19.5 Å². The summed E-state index contributed by atoms with van der Waals surface area (Å²) in [5.41, 5.74) is 2.25. The van der Waals surface area contributed by atoms with Gasteiger partial charge in [0.05, 0.1) is 43.5 Å². The molecule has 1 N–H and O–H groups in total. The molecule has 0 unspecified atom stereocenters. The third-order valence-corrected chi connectivity index (χ3v) is 8.01. The third-order valence-electron chi connectivity index (χ3n) is 8.01. The molecule has 1 spiro atoms. The van der Waals surface area contributed by atoms with Crippen molar-refractivity contribution in [2.45, 2.75) is 76.7 Å². The first-order valence-corrected chi connectivity index (χ1v) is 12.0. The standard InChI is InChI=1S/C26H34N2O5/c1-15-13-25(3,4)28-23-20(15)10-18(32-5)11-21(23)26(24(28)31)16(2)9-19(33-26)12-22(30)27-8-6-7-17(27)14-29/h10-11,13,16-17,19,29H,6-9,12,14H2,1-5H3/t16-,17+,19-,26+/m1/s1. The van der Waals surface area contributed by atoms with Gasteiger partial charge in [-0.1, -0.05) is 13.0 Å². The molecular formula is C26H34N2O5. The van der Waals surface area contributed by atoms with E-state index in [0.717, 1.165) is 35.2 Å². The summed E-state index contributed by atoms with van der Waals surface area (Å²) in [6, 6.07) is 3.82. The fourth-order valence-electron chi connectivity index (χ4n) is 6.52. The molecule has 7 heteroatoms. The minimum Gasteiger partial charge on any atom is -0.497 e. The number of benzene rings is 1. The Balaban J connectivity index is 1.53. The predicted molar refractivity (Wildman–Crippen MR) is 125 cm³/mol. The van der Waals surface area contributed by atoms with E-state index in [1.807, 2.05) is 37.8 Å². The highest BCUT2D eigenvalue weighted by Crippen LogP contribution is 2.59. The lowest BCUT2D eigenvalue weighted by molar-refractivity contribution is -0.150. The van der Waals surface area contributed by atoms with Crippen LogP contribution in [0.1, 0.15) is 64.5 Å². The Morgan fingerprint density at radius 1 is 1.33 bits per heavy atom. The molecule has 0 aromatic heterocycles. The highest BCUT2D eigenvalue weighted by Gasteiger charge is 2.63. The molecule has 7 nitrogen and oxygen atoms in total. The summed E-state index contributed by atoms with van der Waals surface area (Å²) >= 11 is 0. The smallest absolute Gasteiger partial charge is 0.265 e. The number of likely N-dealkylation sites (tertiary alicyclic amines) is 1. The van der Waals surface area contributed by atoms with Gasteiger partial charge in [-0.25, -0.2) is 0 Å². The predicted octanol–water partition coefficient (Wildman–Crippen LogP) is 3.23. The number of hydrogen-bond acceptors (Lipinski definition) is 5. The van der Waals surface area contributed by atoms with E-state index >= 15 is 0 Å². The van der Waals surface area contributed by atoms with Crippen molar-refractivity contribution in [2.24, 2.45) is 5.92 Å². The van der Waals surface area contributed by atoms with Crippen molar-refractivity contribution in [1.29, 1.82) is 0 Å². The first-order valence-electron chi connectivity index (χ1n) is 12.0. The van der Waals surface area contributed by atoms with E-state index in [2.05, 4.69) is 13.0 Å². The van der Waals surface area contributed by atoms with Gasteiger partial charge in [-0.05, 0) is 57.7 Å². The van der Waals surface area contributed by atoms with Crippen LogP contribution in [0.4, 0.5) is 5.69 Å². The maximum Gasteiger partial charge on any atom is 0.265 e. The average Bonchev–Trinajstić information content (AvgIpc) is 3.43. The number of allylic oxidation sites excluding steroid dienone is 1. The maximum atomic E-state index is 14.1. The number of methoxy groups -OCH3 is 1. The van der Waals surface area contributed by atoms with Crippen LogP contribution in [0.25, 0.3) is 5.57 Å². The number of hydrogen-bond donors (Lipinski definition) is 1. The van der Waals surface area contributed by atoms with Gasteiger partial charge in [0.25, 0.3) is 5.91 Å².